The number of carboxylic acids is 1. The molecule has 1 heterocycles. The lowest BCUT2D eigenvalue weighted by Gasteiger charge is -2.16. The van der Waals surface area contributed by atoms with Crippen LogP contribution >= 0.6 is 0 Å². The van der Waals surface area contributed by atoms with E-state index in [1.807, 2.05) is 19.1 Å². The maximum absolute atomic E-state index is 10.8. The second kappa shape index (κ2) is 2.85. The molecule has 0 amide bonds. The van der Waals surface area contributed by atoms with Crippen LogP contribution in [0.3, 0.4) is 0 Å². The van der Waals surface area contributed by atoms with Crippen LogP contribution in [-0.4, -0.2) is 17.1 Å². The average molecular weight is 195 g/mol. The highest BCUT2D eigenvalue weighted by Crippen LogP contribution is 2.50. The number of aryl methyl sites for hydroxylation is 1. The second-order valence-corrected chi connectivity index (χ2v) is 3.88. The predicted octanol–water partition coefficient (Wildman–Crippen LogP) is 1.03. The molecular formula is C10H13NO3. The second-order valence-electron chi connectivity index (χ2n) is 3.88. The summed E-state index contributed by atoms with van der Waals surface area (Å²) in [5, 5.41) is 8.86. The summed E-state index contributed by atoms with van der Waals surface area (Å²) in [7, 11) is 0. The minimum atomic E-state index is -0.962. The molecule has 14 heavy (non-hydrogen) atoms. The highest BCUT2D eigenvalue weighted by atomic mass is 16.4. The molecule has 1 aromatic heterocycles. The molecule has 1 unspecified atom stereocenters. The van der Waals surface area contributed by atoms with Gasteiger partial charge in [-0.15, -0.1) is 0 Å². The molecule has 1 fully saturated rings. The predicted molar refractivity (Wildman–Crippen MR) is 50.0 cm³/mol. The van der Waals surface area contributed by atoms with Gasteiger partial charge in [-0.25, -0.2) is 0 Å². The van der Waals surface area contributed by atoms with E-state index in [0.29, 0.717) is 5.76 Å². The van der Waals surface area contributed by atoms with Gasteiger partial charge in [0.05, 0.1) is 5.41 Å². The first-order valence-electron chi connectivity index (χ1n) is 4.61. The summed E-state index contributed by atoms with van der Waals surface area (Å²) in [6.07, 6.45) is 1.60. The fourth-order valence-corrected chi connectivity index (χ4v) is 1.78. The summed E-state index contributed by atoms with van der Waals surface area (Å²) in [6, 6.07) is 2.81. The smallest absolute Gasteiger partial charge is 0.321 e. The third kappa shape index (κ3) is 1.23. The number of hydrogen-bond acceptors (Lipinski definition) is 3. The van der Waals surface area contributed by atoms with Crippen molar-refractivity contribution >= 4 is 5.97 Å². The molecule has 0 radical (unpaired) electrons. The number of nitrogens with two attached hydrogens (primary N) is 1. The highest BCUT2D eigenvalue weighted by Gasteiger charge is 2.54. The zero-order valence-electron chi connectivity index (χ0n) is 7.99. The maximum Gasteiger partial charge on any atom is 0.321 e. The van der Waals surface area contributed by atoms with Crippen LogP contribution in [0, 0.1) is 6.92 Å². The third-order valence-electron chi connectivity index (χ3n) is 2.88. The van der Waals surface area contributed by atoms with Gasteiger partial charge in [0.15, 0.2) is 0 Å². The molecule has 4 nitrogen and oxygen atoms in total. The van der Waals surface area contributed by atoms with Gasteiger partial charge in [-0.3, -0.25) is 4.79 Å². The zero-order chi connectivity index (χ0) is 10.3. The molecule has 0 saturated heterocycles. The Bertz CT molecular complexity index is 365. The topological polar surface area (TPSA) is 76.5 Å². The Balaban J connectivity index is 2.29. The molecule has 1 aliphatic carbocycles. The van der Waals surface area contributed by atoms with E-state index < -0.39 is 17.4 Å². The Labute approximate surface area is 81.7 Å². The Hall–Kier alpha value is -1.29. The Kier molecular flexibility index (Phi) is 1.89. The van der Waals surface area contributed by atoms with Gasteiger partial charge < -0.3 is 15.3 Å². The fourth-order valence-electron chi connectivity index (χ4n) is 1.78. The summed E-state index contributed by atoms with van der Waals surface area (Å²) < 4.78 is 5.44. The standard InChI is InChI=1S/C10H13NO3/c1-6-2-3-7(14-6)10(4-5-10)8(11)9(12)13/h2-3,8H,4-5,11H2,1H3,(H,12,13). The van der Waals surface area contributed by atoms with Crippen LogP contribution in [0.2, 0.25) is 0 Å². The van der Waals surface area contributed by atoms with Crippen molar-refractivity contribution in [2.24, 2.45) is 5.73 Å². The SMILES string of the molecule is Cc1ccc(C2(C(N)C(=O)O)CC2)o1. The molecule has 3 N–H and O–H groups in total. The van der Waals surface area contributed by atoms with Crippen LogP contribution < -0.4 is 5.73 Å². The quantitative estimate of drug-likeness (QED) is 0.755. The van der Waals surface area contributed by atoms with Crippen molar-refractivity contribution in [1.82, 2.24) is 0 Å². The molecule has 4 heteroatoms. The zero-order valence-corrected chi connectivity index (χ0v) is 7.99. The number of hydrogen-bond donors (Lipinski definition) is 2. The number of carboxylic acid groups (broad SMARTS) is 1. The van der Waals surface area contributed by atoms with Crippen molar-refractivity contribution in [3.05, 3.63) is 23.7 Å². The van der Waals surface area contributed by atoms with Gasteiger partial charge in [0.25, 0.3) is 0 Å². The lowest BCUT2D eigenvalue weighted by atomic mass is 9.94. The Morgan fingerprint density at radius 2 is 2.29 bits per heavy atom. The lowest BCUT2D eigenvalue weighted by molar-refractivity contribution is -0.139. The molecule has 0 spiro atoms. The van der Waals surface area contributed by atoms with Gasteiger partial charge in [0, 0.05) is 0 Å². The van der Waals surface area contributed by atoms with Gasteiger partial charge in [-0.2, -0.15) is 0 Å². The summed E-state index contributed by atoms with van der Waals surface area (Å²) in [5.74, 6) is 0.547. The molecule has 0 aliphatic heterocycles. The van der Waals surface area contributed by atoms with Gasteiger partial charge in [-0.1, -0.05) is 0 Å². The van der Waals surface area contributed by atoms with Crippen molar-refractivity contribution in [2.45, 2.75) is 31.2 Å². The fraction of sp³-hybridized carbons (Fsp3) is 0.500. The van der Waals surface area contributed by atoms with E-state index >= 15 is 0 Å². The summed E-state index contributed by atoms with van der Waals surface area (Å²) >= 11 is 0. The van der Waals surface area contributed by atoms with Crippen molar-refractivity contribution < 1.29 is 14.3 Å². The van der Waals surface area contributed by atoms with E-state index in [-0.39, 0.29) is 0 Å². The molecule has 1 saturated carbocycles. The van der Waals surface area contributed by atoms with Crippen molar-refractivity contribution in [2.75, 3.05) is 0 Å². The molecule has 2 rings (SSSR count). The maximum atomic E-state index is 10.8. The highest BCUT2D eigenvalue weighted by molar-refractivity contribution is 5.76. The molecule has 1 aliphatic rings. The van der Waals surface area contributed by atoms with E-state index in [9.17, 15) is 4.79 Å². The van der Waals surface area contributed by atoms with Crippen LogP contribution in [0.1, 0.15) is 24.4 Å². The number of aliphatic carboxylic acids is 1. The Morgan fingerprint density at radius 3 is 2.64 bits per heavy atom. The first-order valence-corrected chi connectivity index (χ1v) is 4.61. The van der Waals surface area contributed by atoms with Crippen LogP contribution in [-0.2, 0) is 10.2 Å². The lowest BCUT2D eigenvalue weighted by Crippen LogP contribution is -2.41. The van der Waals surface area contributed by atoms with E-state index in [1.54, 1.807) is 0 Å². The monoisotopic (exact) mass is 195 g/mol. The van der Waals surface area contributed by atoms with E-state index in [4.69, 9.17) is 15.3 Å². The first-order chi connectivity index (χ1) is 6.56. The van der Waals surface area contributed by atoms with E-state index in [0.717, 1.165) is 18.6 Å². The largest absolute Gasteiger partial charge is 0.480 e. The van der Waals surface area contributed by atoms with Crippen molar-refractivity contribution in [3.63, 3.8) is 0 Å². The normalized spacial score (nSPS) is 20.4. The van der Waals surface area contributed by atoms with Gasteiger partial charge in [-0.05, 0) is 31.9 Å². The Morgan fingerprint density at radius 1 is 1.64 bits per heavy atom. The van der Waals surface area contributed by atoms with E-state index in [2.05, 4.69) is 0 Å². The number of furan rings is 1. The van der Waals surface area contributed by atoms with Crippen LogP contribution in [0.4, 0.5) is 0 Å². The number of rotatable bonds is 3. The first kappa shape index (κ1) is 9.27. The van der Waals surface area contributed by atoms with Crippen molar-refractivity contribution in [3.8, 4) is 0 Å². The van der Waals surface area contributed by atoms with E-state index in [1.165, 1.54) is 0 Å². The van der Waals surface area contributed by atoms with Crippen LogP contribution in [0.25, 0.3) is 0 Å². The molecule has 76 valence electrons. The minimum Gasteiger partial charge on any atom is -0.480 e. The average Bonchev–Trinajstić information content (AvgIpc) is 2.83. The van der Waals surface area contributed by atoms with Crippen LogP contribution in [0.5, 0.6) is 0 Å². The van der Waals surface area contributed by atoms with Crippen molar-refractivity contribution in [1.29, 1.82) is 0 Å². The molecule has 1 atom stereocenters. The number of carbonyl (C=O) groups is 1. The molecule has 0 bridgehead atoms. The third-order valence-corrected chi connectivity index (χ3v) is 2.88. The molecular weight excluding hydrogens is 182 g/mol. The van der Waals surface area contributed by atoms with Crippen LogP contribution in [0.15, 0.2) is 16.5 Å². The van der Waals surface area contributed by atoms with Gasteiger partial charge >= 0.3 is 5.97 Å². The molecule has 0 aromatic carbocycles. The van der Waals surface area contributed by atoms with Gasteiger partial charge in [0.2, 0.25) is 0 Å². The minimum absolute atomic E-state index is 0.444. The van der Waals surface area contributed by atoms with Gasteiger partial charge in [0.1, 0.15) is 17.6 Å². The summed E-state index contributed by atoms with van der Waals surface area (Å²) in [4.78, 5) is 10.8. The molecule has 1 aromatic rings. The summed E-state index contributed by atoms with van der Waals surface area (Å²) in [5.41, 5.74) is 5.19. The summed E-state index contributed by atoms with van der Waals surface area (Å²) in [6.45, 7) is 1.84.